The molecule has 0 atom stereocenters. The van der Waals surface area contributed by atoms with Crippen molar-refractivity contribution >= 4 is 11.7 Å². The second kappa shape index (κ2) is 9.27. The minimum Gasteiger partial charge on any atom is -0.476 e. The summed E-state index contributed by atoms with van der Waals surface area (Å²) in [5.41, 5.74) is 0.357. The van der Waals surface area contributed by atoms with Crippen molar-refractivity contribution in [1.82, 2.24) is 25.1 Å². The van der Waals surface area contributed by atoms with Crippen LogP contribution in [0.25, 0.3) is 0 Å². The van der Waals surface area contributed by atoms with Crippen molar-refractivity contribution in [3.05, 3.63) is 40.1 Å². The first-order valence-corrected chi connectivity index (χ1v) is 9.14. The number of hydrogen-bond donors (Lipinski definition) is 1. The molecule has 0 spiro atoms. The van der Waals surface area contributed by atoms with Crippen LogP contribution in [-0.4, -0.2) is 65.1 Å². The van der Waals surface area contributed by atoms with E-state index in [1.54, 1.807) is 19.1 Å². The topological polar surface area (TPSA) is 111 Å². The van der Waals surface area contributed by atoms with Crippen molar-refractivity contribution in [3.8, 4) is 5.88 Å². The standard InChI is InChI=1S/C18H24N6O4/c1-13-3-4-18(26)24(22-13)12-16(25)19-5-8-28-17-11-15(20-14(2)21-17)23-6-9-27-10-7-23/h3-4,11H,5-10,12H2,1-2H3,(H,19,25). The molecule has 2 aromatic heterocycles. The summed E-state index contributed by atoms with van der Waals surface area (Å²) in [7, 11) is 0. The molecule has 1 fully saturated rings. The fourth-order valence-corrected chi connectivity index (χ4v) is 2.76. The largest absolute Gasteiger partial charge is 0.476 e. The molecule has 2 aromatic rings. The van der Waals surface area contributed by atoms with E-state index in [0.717, 1.165) is 23.6 Å². The number of rotatable bonds is 7. The zero-order valence-corrected chi connectivity index (χ0v) is 16.1. The molecule has 1 aliphatic rings. The highest BCUT2D eigenvalue weighted by Gasteiger charge is 2.14. The van der Waals surface area contributed by atoms with Gasteiger partial charge in [0, 0.05) is 25.2 Å². The molecule has 10 nitrogen and oxygen atoms in total. The lowest BCUT2D eigenvalue weighted by Gasteiger charge is -2.28. The van der Waals surface area contributed by atoms with Gasteiger partial charge in [0.1, 0.15) is 24.8 Å². The highest BCUT2D eigenvalue weighted by atomic mass is 16.5. The summed E-state index contributed by atoms with van der Waals surface area (Å²) in [5.74, 6) is 1.57. The quantitative estimate of drug-likeness (QED) is 0.643. The third kappa shape index (κ3) is 5.49. The minimum atomic E-state index is -0.316. The number of anilines is 1. The minimum absolute atomic E-state index is 0.131. The van der Waals surface area contributed by atoms with Gasteiger partial charge in [0.2, 0.25) is 11.8 Å². The van der Waals surface area contributed by atoms with Crippen molar-refractivity contribution in [2.75, 3.05) is 44.4 Å². The molecule has 0 bridgehead atoms. The predicted octanol–water partition coefficient (Wildman–Crippen LogP) is -0.318. The zero-order chi connectivity index (χ0) is 19.9. The van der Waals surface area contributed by atoms with Gasteiger partial charge in [-0.25, -0.2) is 9.67 Å². The van der Waals surface area contributed by atoms with Crippen molar-refractivity contribution in [2.45, 2.75) is 20.4 Å². The summed E-state index contributed by atoms with van der Waals surface area (Å²) in [6, 6.07) is 4.79. The maximum Gasteiger partial charge on any atom is 0.267 e. The average Bonchev–Trinajstić information content (AvgIpc) is 2.68. The van der Waals surface area contributed by atoms with Gasteiger partial charge in [0.15, 0.2) is 0 Å². The SMILES string of the molecule is Cc1ccc(=O)n(CC(=O)NCCOc2cc(N3CCOCC3)nc(C)n2)n1. The van der Waals surface area contributed by atoms with E-state index in [4.69, 9.17) is 9.47 Å². The molecule has 150 valence electrons. The molecule has 0 aliphatic carbocycles. The van der Waals surface area contributed by atoms with Crippen LogP contribution < -0.4 is 20.5 Å². The van der Waals surface area contributed by atoms with Crippen molar-refractivity contribution in [1.29, 1.82) is 0 Å². The van der Waals surface area contributed by atoms with Crippen LogP contribution in [0, 0.1) is 13.8 Å². The highest BCUT2D eigenvalue weighted by Crippen LogP contribution is 2.18. The lowest BCUT2D eigenvalue weighted by molar-refractivity contribution is -0.122. The van der Waals surface area contributed by atoms with Crippen LogP contribution in [0.5, 0.6) is 5.88 Å². The smallest absolute Gasteiger partial charge is 0.267 e. The molecular formula is C18H24N6O4. The summed E-state index contributed by atoms with van der Waals surface area (Å²) in [6.07, 6.45) is 0. The van der Waals surface area contributed by atoms with E-state index >= 15 is 0 Å². The van der Waals surface area contributed by atoms with Gasteiger partial charge in [0.05, 0.1) is 25.5 Å². The number of amides is 1. The monoisotopic (exact) mass is 388 g/mol. The van der Waals surface area contributed by atoms with Crippen LogP contribution in [0.15, 0.2) is 23.0 Å². The van der Waals surface area contributed by atoms with Gasteiger partial charge in [0.25, 0.3) is 5.56 Å². The highest BCUT2D eigenvalue weighted by molar-refractivity contribution is 5.75. The first-order valence-electron chi connectivity index (χ1n) is 9.14. The molecule has 0 aromatic carbocycles. The van der Waals surface area contributed by atoms with Gasteiger partial charge >= 0.3 is 0 Å². The van der Waals surface area contributed by atoms with Gasteiger partial charge in [-0.05, 0) is 19.9 Å². The number of carbonyl (C=O) groups is 1. The molecule has 1 aliphatic heterocycles. The second-order valence-corrected chi connectivity index (χ2v) is 6.38. The third-order valence-electron chi connectivity index (χ3n) is 4.10. The lowest BCUT2D eigenvalue weighted by Crippen LogP contribution is -2.37. The summed E-state index contributed by atoms with van der Waals surface area (Å²) in [6.45, 7) is 6.87. The zero-order valence-electron chi connectivity index (χ0n) is 16.1. The molecule has 1 saturated heterocycles. The Hall–Kier alpha value is -3.01. The molecule has 3 rings (SSSR count). The van der Waals surface area contributed by atoms with Gasteiger partial charge in [-0.2, -0.15) is 10.1 Å². The van der Waals surface area contributed by atoms with E-state index in [9.17, 15) is 9.59 Å². The lowest BCUT2D eigenvalue weighted by atomic mass is 10.4. The Bertz CT molecular complexity index is 879. The Morgan fingerprint density at radius 2 is 2.04 bits per heavy atom. The summed E-state index contributed by atoms with van der Waals surface area (Å²) in [4.78, 5) is 34.5. The molecule has 0 radical (unpaired) electrons. The predicted molar refractivity (Wildman–Crippen MR) is 102 cm³/mol. The molecule has 0 unspecified atom stereocenters. The Balaban J connectivity index is 1.48. The van der Waals surface area contributed by atoms with Crippen LogP contribution in [0.4, 0.5) is 5.82 Å². The maximum atomic E-state index is 12.0. The Morgan fingerprint density at radius 3 is 2.82 bits per heavy atom. The van der Waals surface area contributed by atoms with Crippen molar-refractivity contribution < 1.29 is 14.3 Å². The van der Waals surface area contributed by atoms with E-state index in [2.05, 4.69) is 25.3 Å². The number of aromatic nitrogens is 4. The Labute approximate surface area is 162 Å². The normalized spacial score (nSPS) is 14.0. The third-order valence-corrected chi connectivity index (χ3v) is 4.10. The number of nitrogens with zero attached hydrogens (tertiary/aromatic N) is 5. The molecule has 0 saturated carbocycles. The van der Waals surface area contributed by atoms with Crippen LogP contribution in [0.3, 0.4) is 0 Å². The molecular weight excluding hydrogens is 364 g/mol. The number of carbonyl (C=O) groups excluding carboxylic acids is 1. The fraction of sp³-hybridized carbons (Fsp3) is 0.500. The molecule has 1 amide bonds. The van der Waals surface area contributed by atoms with Crippen LogP contribution in [-0.2, 0) is 16.1 Å². The molecule has 10 heteroatoms. The Morgan fingerprint density at radius 1 is 1.25 bits per heavy atom. The first kappa shape index (κ1) is 19.7. The molecule has 28 heavy (non-hydrogen) atoms. The number of nitrogens with one attached hydrogen (secondary N) is 1. The van der Waals surface area contributed by atoms with E-state index in [-0.39, 0.29) is 31.2 Å². The van der Waals surface area contributed by atoms with E-state index in [0.29, 0.717) is 30.6 Å². The maximum absolute atomic E-state index is 12.0. The van der Waals surface area contributed by atoms with Crippen LogP contribution >= 0.6 is 0 Å². The molecule has 1 N–H and O–H groups in total. The van der Waals surface area contributed by atoms with Gasteiger partial charge in [-0.1, -0.05) is 0 Å². The number of hydrogen-bond acceptors (Lipinski definition) is 8. The van der Waals surface area contributed by atoms with Crippen LogP contribution in [0.1, 0.15) is 11.5 Å². The van der Waals surface area contributed by atoms with Gasteiger partial charge in [-0.3, -0.25) is 9.59 Å². The van der Waals surface area contributed by atoms with Crippen molar-refractivity contribution in [3.63, 3.8) is 0 Å². The van der Waals surface area contributed by atoms with Gasteiger partial charge < -0.3 is 19.7 Å². The first-order chi connectivity index (χ1) is 13.5. The van der Waals surface area contributed by atoms with Crippen LogP contribution in [0.2, 0.25) is 0 Å². The summed E-state index contributed by atoms with van der Waals surface area (Å²) >= 11 is 0. The second-order valence-electron chi connectivity index (χ2n) is 6.38. The summed E-state index contributed by atoms with van der Waals surface area (Å²) < 4.78 is 12.1. The Kier molecular flexibility index (Phi) is 6.53. The molecule has 3 heterocycles. The van der Waals surface area contributed by atoms with Gasteiger partial charge in [-0.15, -0.1) is 0 Å². The number of ether oxygens (including phenoxy) is 2. The van der Waals surface area contributed by atoms with Crippen molar-refractivity contribution in [2.24, 2.45) is 0 Å². The summed E-state index contributed by atoms with van der Waals surface area (Å²) in [5, 5.41) is 6.74. The number of morpholine rings is 1. The van der Waals surface area contributed by atoms with E-state index in [1.165, 1.54) is 6.07 Å². The fourth-order valence-electron chi connectivity index (χ4n) is 2.76. The van der Waals surface area contributed by atoms with E-state index < -0.39 is 0 Å². The van der Waals surface area contributed by atoms with E-state index in [1.807, 2.05) is 6.92 Å². The average molecular weight is 388 g/mol. The number of aryl methyl sites for hydroxylation is 2.